The molecule has 2 rings (SSSR count). The molecule has 0 atom stereocenters. The Bertz CT molecular complexity index is 462. The normalized spacial score (nSPS) is 11.1. The molecule has 74 valence electrons. The number of rotatable bonds is 2. The van der Waals surface area contributed by atoms with E-state index in [0.717, 1.165) is 29.2 Å². The number of nitrogens with zero attached hydrogens (tertiary/aromatic N) is 3. The van der Waals surface area contributed by atoms with E-state index < -0.39 is 0 Å². The Kier molecular flexibility index (Phi) is 2.42. The van der Waals surface area contributed by atoms with Crippen molar-refractivity contribution in [3.63, 3.8) is 0 Å². The lowest BCUT2D eigenvalue weighted by Gasteiger charge is -2.01. The first-order valence-electron chi connectivity index (χ1n) is 4.65. The highest BCUT2D eigenvalue weighted by Gasteiger charge is 2.09. The topological polar surface area (TPSA) is 30.7 Å². The van der Waals surface area contributed by atoms with Gasteiger partial charge in [0.2, 0.25) is 0 Å². The predicted octanol–water partition coefficient (Wildman–Crippen LogP) is 2.50. The number of pyridine rings is 1. The fourth-order valence-corrected chi connectivity index (χ4v) is 1.78. The third-order valence-electron chi connectivity index (χ3n) is 2.25. The van der Waals surface area contributed by atoms with Crippen molar-refractivity contribution in [2.45, 2.75) is 26.3 Å². The lowest BCUT2D eigenvalue weighted by Crippen LogP contribution is -2.00. The maximum absolute atomic E-state index is 5.81. The summed E-state index contributed by atoms with van der Waals surface area (Å²) in [6, 6.07) is 3.95. The van der Waals surface area contributed by atoms with Gasteiger partial charge in [0, 0.05) is 12.2 Å². The number of aromatic nitrogens is 3. The van der Waals surface area contributed by atoms with E-state index in [0.29, 0.717) is 5.88 Å². The molecule has 0 bridgehead atoms. The van der Waals surface area contributed by atoms with Gasteiger partial charge in [0.05, 0.1) is 5.88 Å². The van der Waals surface area contributed by atoms with Crippen molar-refractivity contribution in [3.8, 4) is 0 Å². The average Bonchev–Trinajstić information content (AvgIpc) is 2.54. The van der Waals surface area contributed by atoms with Gasteiger partial charge in [-0.25, -0.2) is 9.97 Å². The molecule has 0 saturated carbocycles. The van der Waals surface area contributed by atoms with Crippen LogP contribution in [0.2, 0.25) is 0 Å². The molecule has 14 heavy (non-hydrogen) atoms. The minimum absolute atomic E-state index is 0.434. The van der Waals surface area contributed by atoms with Crippen LogP contribution in [-0.4, -0.2) is 14.5 Å². The van der Waals surface area contributed by atoms with Crippen LogP contribution < -0.4 is 0 Å². The van der Waals surface area contributed by atoms with Gasteiger partial charge in [-0.3, -0.25) is 0 Å². The SMILES string of the molecule is CCn1c(CCl)nc2ccc(C)nc21. The first-order valence-corrected chi connectivity index (χ1v) is 5.18. The highest BCUT2D eigenvalue weighted by atomic mass is 35.5. The van der Waals surface area contributed by atoms with Crippen molar-refractivity contribution in [1.29, 1.82) is 0 Å². The van der Waals surface area contributed by atoms with Crippen molar-refractivity contribution in [2.75, 3.05) is 0 Å². The van der Waals surface area contributed by atoms with Gasteiger partial charge in [0.1, 0.15) is 11.3 Å². The zero-order valence-corrected chi connectivity index (χ0v) is 9.04. The molecule has 0 amide bonds. The fraction of sp³-hybridized carbons (Fsp3) is 0.400. The number of imidazole rings is 1. The van der Waals surface area contributed by atoms with Gasteiger partial charge in [0.25, 0.3) is 0 Å². The Morgan fingerprint density at radius 1 is 1.36 bits per heavy atom. The van der Waals surface area contributed by atoms with Crippen LogP contribution in [0.4, 0.5) is 0 Å². The molecule has 2 aromatic heterocycles. The maximum Gasteiger partial charge on any atom is 0.160 e. The second-order valence-electron chi connectivity index (χ2n) is 3.20. The molecule has 0 spiro atoms. The van der Waals surface area contributed by atoms with E-state index in [9.17, 15) is 0 Å². The van der Waals surface area contributed by atoms with E-state index in [1.165, 1.54) is 0 Å². The summed E-state index contributed by atoms with van der Waals surface area (Å²) in [5, 5.41) is 0. The summed E-state index contributed by atoms with van der Waals surface area (Å²) in [5.41, 5.74) is 2.87. The largest absolute Gasteiger partial charge is 0.312 e. The fourth-order valence-electron chi connectivity index (χ4n) is 1.58. The van der Waals surface area contributed by atoms with Crippen LogP contribution >= 0.6 is 11.6 Å². The van der Waals surface area contributed by atoms with Gasteiger partial charge in [-0.15, -0.1) is 11.6 Å². The number of hydrogen-bond acceptors (Lipinski definition) is 2. The third-order valence-corrected chi connectivity index (χ3v) is 2.49. The molecule has 0 aromatic carbocycles. The molecule has 0 aliphatic carbocycles. The number of fused-ring (bicyclic) bond motifs is 1. The van der Waals surface area contributed by atoms with E-state index in [1.54, 1.807) is 0 Å². The second-order valence-corrected chi connectivity index (χ2v) is 3.47. The summed E-state index contributed by atoms with van der Waals surface area (Å²) in [6.07, 6.45) is 0. The maximum atomic E-state index is 5.81. The molecule has 0 aliphatic heterocycles. The van der Waals surface area contributed by atoms with E-state index in [4.69, 9.17) is 11.6 Å². The minimum Gasteiger partial charge on any atom is -0.312 e. The standard InChI is InChI=1S/C10H12ClN3/c1-3-14-9(6-11)13-8-5-4-7(2)12-10(8)14/h4-5H,3,6H2,1-2H3. The second kappa shape index (κ2) is 3.58. The van der Waals surface area contributed by atoms with E-state index in [2.05, 4.69) is 21.5 Å². The molecule has 2 aromatic rings. The lowest BCUT2D eigenvalue weighted by atomic mass is 10.3. The highest BCUT2D eigenvalue weighted by molar-refractivity contribution is 6.16. The summed E-state index contributed by atoms with van der Waals surface area (Å²) in [6.45, 7) is 4.91. The van der Waals surface area contributed by atoms with Gasteiger partial charge in [0.15, 0.2) is 5.65 Å². The number of aryl methyl sites for hydroxylation is 2. The molecule has 0 aliphatic rings. The highest BCUT2D eigenvalue weighted by Crippen LogP contribution is 2.15. The van der Waals surface area contributed by atoms with E-state index in [1.807, 2.05) is 19.1 Å². The summed E-state index contributed by atoms with van der Waals surface area (Å²) < 4.78 is 2.05. The number of alkyl halides is 1. The Hall–Kier alpha value is -1.09. The number of hydrogen-bond donors (Lipinski definition) is 0. The summed E-state index contributed by atoms with van der Waals surface area (Å²) in [4.78, 5) is 8.87. The molecule has 2 heterocycles. The molecule has 0 radical (unpaired) electrons. The Balaban J connectivity index is 2.74. The van der Waals surface area contributed by atoms with Gasteiger partial charge in [-0.1, -0.05) is 0 Å². The molecule has 4 heteroatoms. The summed E-state index contributed by atoms with van der Waals surface area (Å²) in [7, 11) is 0. The van der Waals surface area contributed by atoms with Gasteiger partial charge in [-0.2, -0.15) is 0 Å². The van der Waals surface area contributed by atoms with E-state index >= 15 is 0 Å². The zero-order chi connectivity index (χ0) is 10.1. The van der Waals surface area contributed by atoms with Crippen molar-refractivity contribution in [1.82, 2.24) is 14.5 Å². The van der Waals surface area contributed by atoms with Crippen molar-refractivity contribution < 1.29 is 0 Å². The first-order chi connectivity index (χ1) is 6.76. The Labute approximate surface area is 87.7 Å². The number of halogens is 1. The van der Waals surface area contributed by atoms with Crippen molar-refractivity contribution in [3.05, 3.63) is 23.7 Å². The molecular weight excluding hydrogens is 198 g/mol. The zero-order valence-electron chi connectivity index (χ0n) is 8.29. The van der Waals surface area contributed by atoms with Crippen LogP contribution in [0.25, 0.3) is 11.2 Å². The average molecular weight is 210 g/mol. The van der Waals surface area contributed by atoms with Gasteiger partial charge >= 0.3 is 0 Å². The summed E-state index contributed by atoms with van der Waals surface area (Å²) >= 11 is 5.81. The molecule has 3 nitrogen and oxygen atoms in total. The Morgan fingerprint density at radius 2 is 2.14 bits per heavy atom. The predicted molar refractivity (Wildman–Crippen MR) is 57.5 cm³/mol. The van der Waals surface area contributed by atoms with Crippen LogP contribution in [0, 0.1) is 6.92 Å². The lowest BCUT2D eigenvalue weighted by molar-refractivity contribution is 0.739. The molecule has 0 saturated heterocycles. The summed E-state index contributed by atoms with van der Waals surface area (Å²) in [5.74, 6) is 1.32. The third kappa shape index (κ3) is 1.38. The van der Waals surface area contributed by atoms with Crippen LogP contribution in [0.3, 0.4) is 0 Å². The van der Waals surface area contributed by atoms with Crippen LogP contribution in [0.5, 0.6) is 0 Å². The molecule has 0 unspecified atom stereocenters. The van der Waals surface area contributed by atoms with Crippen LogP contribution in [0.1, 0.15) is 18.4 Å². The van der Waals surface area contributed by atoms with E-state index in [-0.39, 0.29) is 0 Å². The smallest absolute Gasteiger partial charge is 0.160 e. The van der Waals surface area contributed by atoms with Crippen molar-refractivity contribution in [2.24, 2.45) is 0 Å². The quantitative estimate of drug-likeness (QED) is 0.712. The minimum atomic E-state index is 0.434. The van der Waals surface area contributed by atoms with Gasteiger partial charge < -0.3 is 4.57 Å². The monoisotopic (exact) mass is 209 g/mol. The first kappa shape index (κ1) is 9.46. The van der Waals surface area contributed by atoms with Crippen LogP contribution in [-0.2, 0) is 12.4 Å². The molecule has 0 N–H and O–H groups in total. The molecule has 0 fully saturated rings. The Morgan fingerprint density at radius 3 is 2.79 bits per heavy atom. The molecular formula is C10H12ClN3. The van der Waals surface area contributed by atoms with Crippen LogP contribution in [0.15, 0.2) is 12.1 Å². The van der Waals surface area contributed by atoms with Gasteiger partial charge in [-0.05, 0) is 26.0 Å². The van der Waals surface area contributed by atoms with Crippen molar-refractivity contribution >= 4 is 22.8 Å².